The van der Waals surface area contributed by atoms with Gasteiger partial charge in [-0.25, -0.2) is 0 Å². The summed E-state index contributed by atoms with van der Waals surface area (Å²) >= 11 is 1.74. The minimum Gasteiger partial charge on any atom is -0.462 e. The summed E-state index contributed by atoms with van der Waals surface area (Å²) in [6, 6.07) is 3.83. The fraction of sp³-hybridized carbons (Fsp3) is 0.438. The number of carbonyl (C=O) groups is 1. The monoisotopic (exact) mass is 302 g/mol. The van der Waals surface area contributed by atoms with Crippen LogP contribution in [0.5, 0.6) is 0 Å². The number of aryl methyl sites for hydroxylation is 1. The Morgan fingerprint density at radius 3 is 2.95 bits per heavy atom. The maximum absolute atomic E-state index is 12.5. The molecule has 2 atom stereocenters. The van der Waals surface area contributed by atoms with Gasteiger partial charge in [0.1, 0.15) is 16.5 Å². The molecule has 0 radical (unpaired) electrons. The third-order valence-electron chi connectivity index (χ3n) is 4.34. The highest BCUT2D eigenvalue weighted by Crippen LogP contribution is 2.42. The van der Waals surface area contributed by atoms with Gasteiger partial charge in [0.2, 0.25) is 0 Å². The van der Waals surface area contributed by atoms with Crippen molar-refractivity contribution in [3.8, 4) is 0 Å². The van der Waals surface area contributed by atoms with E-state index in [0.717, 1.165) is 34.9 Å². The first-order valence-corrected chi connectivity index (χ1v) is 8.21. The summed E-state index contributed by atoms with van der Waals surface area (Å²) in [7, 11) is 0. The lowest BCUT2D eigenvalue weighted by atomic mass is 9.88. The molecule has 1 aliphatic heterocycles. The SMILES string of the molecule is Cc1ccc([C@@H]2NC(=O)c3c(sc4c3CC[C@H](C)C4)N2)o1. The number of rotatable bonds is 1. The fourth-order valence-corrected chi connectivity index (χ4v) is 4.65. The van der Waals surface area contributed by atoms with E-state index in [1.807, 2.05) is 19.1 Å². The molecule has 2 aliphatic rings. The van der Waals surface area contributed by atoms with Gasteiger partial charge in [-0.2, -0.15) is 0 Å². The molecule has 4 nitrogen and oxygen atoms in total. The summed E-state index contributed by atoms with van der Waals surface area (Å²) in [5, 5.41) is 7.43. The number of fused-ring (bicyclic) bond motifs is 3. The van der Waals surface area contributed by atoms with Crippen molar-refractivity contribution in [3.05, 3.63) is 39.7 Å². The Hall–Kier alpha value is -1.75. The molecule has 21 heavy (non-hydrogen) atoms. The smallest absolute Gasteiger partial charge is 0.256 e. The van der Waals surface area contributed by atoms with Crippen molar-refractivity contribution < 1.29 is 9.21 Å². The van der Waals surface area contributed by atoms with Gasteiger partial charge in [-0.05, 0) is 49.8 Å². The lowest BCUT2D eigenvalue weighted by Crippen LogP contribution is -2.38. The largest absolute Gasteiger partial charge is 0.462 e. The zero-order chi connectivity index (χ0) is 14.6. The number of hydrogen-bond donors (Lipinski definition) is 2. The molecule has 0 spiro atoms. The molecule has 0 unspecified atom stereocenters. The van der Waals surface area contributed by atoms with Crippen molar-refractivity contribution in [3.63, 3.8) is 0 Å². The maximum atomic E-state index is 12.5. The molecule has 2 aromatic heterocycles. The molecule has 110 valence electrons. The lowest BCUT2D eigenvalue weighted by molar-refractivity contribution is 0.0930. The van der Waals surface area contributed by atoms with E-state index in [9.17, 15) is 4.79 Å². The van der Waals surface area contributed by atoms with Crippen LogP contribution in [0.25, 0.3) is 0 Å². The Labute approximate surface area is 127 Å². The van der Waals surface area contributed by atoms with Crippen LogP contribution in [0.3, 0.4) is 0 Å². The molecule has 0 saturated heterocycles. The average molecular weight is 302 g/mol. The molecule has 0 aromatic carbocycles. The molecule has 1 aliphatic carbocycles. The van der Waals surface area contributed by atoms with Gasteiger partial charge in [0.05, 0.1) is 5.56 Å². The highest BCUT2D eigenvalue weighted by molar-refractivity contribution is 7.16. The van der Waals surface area contributed by atoms with Crippen LogP contribution in [0, 0.1) is 12.8 Å². The standard InChI is InChI=1S/C16H18N2O2S/c1-8-3-5-10-12(7-8)21-16-13(10)15(19)17-14(18-16)11-6-4-9(2)20-11/h4,6,8,14,18H,3,5,7H2,1-2H3,(H,17,19)/t8-,14+/m0/s1. The molecule has 3 heterocycles. The summed E-state index contributed by atoms with van der Waals surface area (Å²) in [5.74, 6) is 2.34. The highest BCUT2D eigenvalue weighted by Gasteiger charge is 2.33. The third-order valence-corrected chi connectivity index (χ3v) is 5.52. The number of carbonyl (C=O) groups excluding carboxylic acids is 1. The van der Waals surface area contributed by atoms with E-state index < -0.39 is 0 Å². The Morgan fingerprint density at radius 1 is 1.33 bits per heavy atom. The fourth-order valence-electron chi connectivity index (χ4n) is 3.21. The minimum atomic E-state index is -0.267. The van der Waals surface area contributed by atoms with Crippen LogP contribution in [0.2, 0.25) is 0 Å². The Bertz CT molecular complexity index is 716. The predicted molar refractivity (Wildman–Crippen MR) is 82.8 cm³/mol. The summed E-state index contributed by atoms with van der Waals surface area (Å²) in [4.78, 5) is 13.9. The van der Waals surface area contributed by atoms with Crippen LogP contribution in [0.15, 0.2) is 16.5 Å². The van der Waals surface area contributed by atoms with Crippen molar-refractivity contribution in [2.45, 2.75) is 39.3 Å². The molecular weight excluding hydrogens is 284 g/mol. The van der Waals surface area contributed by atoms with Crippen molar-refractivity contribution >= 4 is 22.2 Å². The molecule has 2 aromatic rings. The van der Waals surface area contributed by atoms with Gasteiger partial charge in [-0.15, -0.1) is 11.3 Å². The first-order chi connectivity index (χ1) is 10.1. The number of anilines is 1. The molecule has 0 saturated carbocycles. The second kappa shape index (κ2) is 4.63. The summed E-state index contributed by atoms with van der Waals surface area (Å²) in [6.07, 6.45) is 3.01. The van der Waals surface area contributed by atoms with Crippen molar-refractivity contribution in [1.29, 1.82) is 0 Å². The van der Waals surface area contributed by atoms with Gasteiger partial charge in [-0.1, -0.05) is 6.92 Å². The summed E-state index contributed by atoms with van der Waals surface area (Å²) < 4.78 is 5.63. The molecule has 2 N–H and O–H groups in total. The second-order valence-corrected chi connectivity index (χ2v) is 7.16. The number of amides is 1. The molecule has 0 bridgehead atoms. The second-order valence-electron chi connectivity index (χ2n) is 6.06. The van der Waals surface area contributed by atoms with Gasteiger partial charge >= 0.3 is 0 Å². The number of nitrogens with one attached hydrogen (secondary N) is 2. The highest BCUT2D eigenvalue weighted by atomic mass is 32.1. The van der Waals surface area contributed by atoms with Crippen molar-refractivity contribution in [1.82, 2.24) is 5.32 Å². The first-order valence-electron chi connectivity index (χ1n) is 7.40. The van der Waals surface area contributed by atoms with Gasteiger partial charge in [0.15, 0.2) is 6.17 Å². The van der Waals surface area contributed by atoms with E-state index in [0.29, 0.717) is 5.92 Å². The van der Waals surface area contributed by atoms with Crippen LogP contribution in [0.4, 0.5) is 5.00 Å². The topological polar surface area (TPSA) is 54.3 Å². The number of thiophene rings is 1. The Balaban J connectivity index is 1.71. The predicted octanol–water partition coefficient (Wildman–Crippen LogP) is 3.63. The maximum Gasteiger partial charge on any atom is 0.256 e. The van der Waals surface area contributed by atoms with Gasteiger partial charge in [0.25, 0.3) is 5.91 Å². The van der Waals surface area contributed by atoms with Gasteiger partial charge in [-0.3, -0.25) is 4.79 Å². The van der Waals surface area contributed by atoms with E-state index >= 15 is 0 Å². The first kappa shape index (κ1) is 13.0. The van der Waals surface area contributed by atoms with E-state index in [1.54, 1.807) is 11.3 Å². The lowest BCUT2D eigenvalue weighted by Gasteiger charge is -2.25. The summed E-state index contributed by atoms with van der Waals surface area (Å²) in [5.41, 5.74) is 2.12. The van der Waals surface area contributed by atoms with Crippen LogP contribution in [-0.4, -0.2) is 5.91 Å². The third kappa shape index (κ3) is 2.07. The number of hydrogen-bond acceptors (Lipinski definition) is 4. The molecule has 5 heteroatoms. The molecule has 0 fully saturated rings. The van der Waals surface area contributed by atoms with Crippen LogP contribution in [-0.2, 0) is 12.8 Å². The summed E-state index contributed by atoms with van der Waals surface area (Å²) in [6.45, 7) is 4.19. The Morgan fingerprint density at radius 2 is 2.19 bits per heavy atom. The van der Waals surface area contributed by atoms with Crippen LogP contribution >= 0.6 is 11.3 Å². The normalized spacial score (nSPS) is 24.0. The molecule has 4 rings (SSSR count). The molecule has 1 amide bonds. The zero-order valence-corrected chi connectivity index (χ0v) is 13.0. The van der Waals surface area contributed by atoms with Gasteiger partial charge < -0.3 is 15.1 Å². The quantitative estimate of drug-likeness (QED) is 0.846. The van der Waals surface area contributed by atoms with E-state index in [4.69, 9.17) is 4.42 Å². The van der Waals surface area contributed by atoms with Gasteiger partial charge in [0, 0.05) is 4.88 Å². The Kier molecular flexibility index (Phi) is 2.85. The number of furan rings is 1. The van der Waals surface area contributed by atoms with Crippen molar-refractivity contribution in [2.75, 3.05) is 5.32 Å². The van der Waals surface area contributed by atoms with E-state index in [2.05, 4.69) is 17.6 Å². The average Bonchev–Trinajstić information content (AvgIpc) is 3.01. The van der Waals surface area contributed by atoms with Crippen LogP contribution in [0.1, 0.15) is 51.8 Å². The van der Waals surface area contributed by atoms with E-state index in [1.165, 1.54) is 16.9 Å². The minimum absolute atomic E-state index is 0.0230. The molecular formula is C16H18N2O2S. The van der Waals surface area contributed by atoms with Crippen molar-refractivity contribution in [2.24, 2.45) is 5.92 Å². The van der Waals surface area contributed by atoms with E-state index in [-0.39, 0.29) is 12.1 Å². The van der Waals surface area contributed by atoms with Crippen LogP contribution < -0.4 is 10.6 Å². The zero-order valence-electron chi connectivity index (χ0n) is 12.2.